The molecule has 3 fully saturated rings. The molecule has 0 radical (unpaired) electrons. The van der Waals surface area contributed by atoms with Crippen LogP contribution in [0.15, 0.2) is 35.9 Å². The number of methoxy groups -OCH3 is 2. The zero-order valence-corrected chi connectivity index (χ0v) is 32.1. The average molecular weight is 750 g/mol. The van der Waals surface area contributed by atoms with E-state index in [9.17, 15) is 24.3 Å². The maximum Gasteiger partial charge on any atom is 0.409 e. The predicted octanol–water partition coefficient (Wildman–Crippen LogP) is 3.88. The number of carbonyl (C=O) groups is 4. The number of aliphatic hydroxyl groups is 1. The van der Waals surface area contributed by atoms with E-state index in [1.54, 1.807) is 38.3 Å². The van der Waals surface area contributed by atoms with E-state index in [4.69, 9.17) is 35.3 Å². The van der Waals surface area contributed by atoms with Crippen LogP contribution < -0.4 is 15.0 Å². The molecular formula is C36H48ClN3O10S. The molecule has 51 heavy (non-hydrogen) atoms. The molecule has 3 amide bonds. The summed E-state index contributed by atoms with van der Waals surface area (Å²) in [4.78, 5) is 57.9. The summed E-state index contributed by atoms with van der Waals surface area (Å²) < 4.78 is 30.2. The van der Waals surface area contributed by atoms with Gasteiger partial charge in [0.15, 0.2) is 11.3 Å². The predicted molar refractivity (Wildman–Crippen MR) is 192 cm³/mol. The van der Waals surface area contributed by atoms with Gasteiger partial charge in [0.1, 0.15) is 34.6 Å². The van der Waals surface area contributed by atoms with E-state index in [0.717, 1.165) is 11.1 Å². The summed E-state index contributed by atoms with van der Waals surface area (Å²) in [6, 6.07) is 2.50. The third kappa shape index (κ3) is 6.74. The number of nitrogens with one attached hydrogen (secondary N) is 1. The number of epoxide rings is 1. The minimum Gasteiger partial charge on any atom is -0.495 e. The van der Waals surface area contributed by atoms with Crippen LogP contribution in [0.1, 0.15) is 46.1 Å². The average Bonchev–Trinajstić information content (AvgIpc) is 3.80. The van der Waals surface area contributed by atoms with Crippen LogP contribution in [0.4, 0.5) is 10.5 Å². The van der Waals surface area contributed by atoms with E-state index in [1.807, 2.05) is 26.2 Å². The van der Waals surface area contributed by atoms with E-state index >= 15 is 0 Å². The molecule has 2 N–H and O–H groups in total. The fourth-order valence-corrected chi connectivity index (χ4v) is 8.55. The second-order valence-corrected chi connectivity index (χ2v) is 15.4. The highest BCUT2D eigenvalue weighted by molar-refractivity contribution is 7.98. The van der Waals surface area contributed by atoms with E-state index in [1.165, 1.54) is 49.8 Å². The van der Waals surface area contributed by atoms with Crippen molar-refractivity contribution in [3.05, 3.63) is 46.5 Å². The summed E-state index contributed by atoms with van der Waals surface area (Å²) in [5.74, 6) is -2.55. The lowest BCUT2D eigenvalue weighted by molar-refractivity contribution is -0.265. The van der Waals surface area contributed by atoms with Crippen LogP contribution in [0.25, 0.3) is 0 Å². The first-order valence-corrected chi connectivity index (χ1v) is 18.6. The number of fused-ring (bicyclic) bond motifs is 4. The van der Waals surface area contributed by atoms with Gasteiger partial charge in [0.05, 0.1) is 31.2 Å². The fraction of sp³-hybridized carbons (Fsp3) is 0.611. The van der Waals surface area contributed by atoms with Gasteiger partial charge in [0.2, 0.25) is 11.8 Å². The lowest BCUT2D eigenvalue weighted by atomic mass is 9.57. The SMILES string of the molecule is COc1cc2cc(c1Cl)N(C)C(=O)C[C@@]1(OC(=O)[C@H](C)N(C)C(=O)CCSC)C3[C@H](OC(=O)N[C@@]3(O)[C@H](OC)/C=C/C=C(\C)C2)[C@@H](C)[C@@H]2O[C@]21C. The van der Waals surface area contributed by atoms with Crippen molar-refractivity contribution < 1.29 is 48.0 Å². The first-order valence-electron chi connectivity index (χ1n) is 16.9. The summed E-state index contributed by atoms with van der Waals surface area (Å²) in [6.45, 7) is 6.99. The molecule has 1 aliphatic carbocycles. The normalized spacial score (nSPS) is 35.2. The maximum atomic E-state index is 14.7. The molecule has 3 heterocycles. The molecule has 13 nitrogen and oxygen atoms in total. The number of thioether (sulfide) groups is 1. The minimum atomic E-state index is -2.29. The van der Waals surface area contributed by atoms with Gasteiger partial charge in [-0.25, -0.2) is 9.59 Å². The van der Waals surface area contributed by atoms with Crippen LogP contribution in [0.2, 0.25) is 5.02 Å². The number of rotatable bonds is 8. The number of amides is 3. The molecule has 4 aliphatic rings. The Morgan fingerprint density at radius 2 is 1.98 bits per heavy atom. The minimum absolute atomic E-state index is 0.194. The zero-order chi connectivity index (χ0) is 37.6. The maximum absolute atomic E-state index is 14.7. The van der Waals surface area contributed by atoms with Crippen LogP contribution in [-0.2, 0) is 39.8 Å². The Hall–Kier alpha value is -3.30. The van der Waals surface area contributed by atoms with E-state index in [2.05, 4.69) is 5.32 Å². The number of carbonyl (C=O) groups excluding carboxylic acids is 4. The highest BCUT2D eigenvalue weighted by Crippen LogP contribution is 2.64. The van der Waals surface area contributed by atoms with Gasteiger partial charge in [-0.2, -0.15) is 11.8 Å². The number of likely N-dealkylation sites (N-methyl/N-ethyl adjacent to an activating group) is 1. The van der Waals surface area contributed by atoms with Gasteiger partial charge in [0, 0.05) is 39.3 Å². The van der Waals surface area contributed by atoms with E-state index in [-0.39, 0.29) is 17.4 Å². The Kier molecular flexibility index (Phi) is 11.2. The van der Waals surface area contributed by atoms with Gasteiger partial charge in [-0.15, -0.1) is 0 Å². The Bertz CT molecular complexity index is 1640. The summed E-state index contributed by atoms with van der Waals surface area (Å²) >= 11 is 8.31. The first kappa shape index (κ1) is 38.9. The van der Waals surface area contributed by atoms with Crippen molar-refractivity contribution in [2.45, 2.75) is 88.2 Å². The van der Waals surface area contributed by atoms with Crippen molar-refractivity contribution in [3.8, 4) is 5.75 Å². The highest BCUT2D eigenvalue weighted by atomic mass is 35.5. The molecule has 15 heteroatoms. The topological polar surface area (TPSA) is 156 Å². The first-order chi connectivity index (χ1) is 24.0. The lowest BCUT2D eigenvalue weighted by Gasteiger charge is -2.58. The van der Waals surface area contributed by atoms with Crippen LogP contribution in [0, 0.1) is 11.8 Å². The summed E-state index contributed by atoms with van der Waals surface area (Å²) in [5.41, 5.74) is -3.55. The van der Waals surface area contributed by atoms with Gasteiger partial charge >= 0.3 is 12.1 Å². The number of halogens is 1. The molecule has 3 aliphatic heterocycles. The van der Waals surface area contributed by atoms with E-state index in [0.29, 0.717) is 23.6 Å². The Labute approximate surface area is 307 Å². The molecule has 2 bridgehead atoms. The third-order valence-corrected chi connectivity index (χ3v) is 11.9. The molecule has 0 spiro atoms. The van der Waals surface area contributed by atoms with Crippen LogP contribution in [-0.4, -0.2) is 115 Å². The van der Waals surface area contributed by atoms with Gasteiger partial charge in [0.25, 0.3) is 0 Å². The number of anilines is 1. The molecule has 2 saturated heterocycles. The Morgan fingerprint density at radius 1 is 1.27 bits per heavy atom. The molecule has 1 saturated carbocycles. The molecule has 9 atom stereocenters. The lowest BCUT2D eigenvalue weighted by Crippen LogP contribution is -2.79. The zero-order valence-electron chi connectivity index (χ0n) is 30.5. The number of alkyl carbamates (subject to hydrolysis) is 1. The van der Waals surface area contributed by atoms with Gasteiger partial charge in [-0.05, 0) is 51.1 Å². The molecule has 5 rings (SSSR count). The second-order valence-electron chi connectivity index (χ2n) is 14.0. The largest absolute Gasteiger partial charge is 0.495 e. The van der Waals surface area contributed by atoms with E-state index < -0.39 is 77.5 Å². The van der Waals surface area contributed by atoms with Crippen molar-refractivity contribution >= 4 is 52.9 Å². The monoisotopic (exact) mass is 749 g/mol. The Morgan fingerprint density at radius 3 is 2.63 bits per heavy atom. The van der Waals surface area contributed by atoms with Crippen LogP contribution >= 0.6 is 23.4 Å². The highest BCUT2D eigenvalue weighted by Gasteiger charge is 2.83. The van der Waals surface area contributed by atoms with Crippen LogP contribution in [0.5, 0.6) is 5.75 Å². The number of ether oxygens (including phenoxy) is 5. The molecular weight excluding hydrogens is 702 g/mol. The second kappa shape index (κ2) is 14.6. The van der Waals surface area contributed by atoms with Gasteiger partial charge < -0.3 is 38.6 Å². The summed E-state index contributed by atoms with van der Waals surface area (Å²) in [7, 11) is 5.92. The molecule has 1 aromatic rings. The Balaban J connectivity index is 1.74. The third-order valence-electron chi connectivity index (χ3n) is 10.9. The standard InChI is InChI=1S/C36H48ClN3O10S/c1-19-11-10-12-25(47-8)36(45)30-29(48-33(44)38-36)20(2)31-34(4,49-31)35(30,50-32(43)21(3)39(5)26(41)13-14-51-9)18-27(42)40(6)23-16-22(15-19)17-24(46-7)28(23)37/h10-12,16-17,20-21,25,29-31,45H,13-15,18H2,1-9H3,(H,38,44)/b12-10+,19-11+/t20-,21+,25-,29-,30?,31+,34-,35-,36-/m1/s1. The number of allylic oxidation sites excluding steroid dienone is 3. The smallest absolute Gasteiger partial charge is 0.409 e. The number of hydrogen-bond acceptors (Lipinski definition) is 11. The van der Waals surface area contributed by atoms with Gasteiger partial charge in [-0.3, -0.25) is 14.9 Å². The number of esters is 1. The van der Waals surface area contributed by atoms with Crippen molar-refractivity contribution in [2.75, 3.05) is 45.2 Å². The summed E-state index contributed by atoms with van der Waals surface area (Å²) in [5, 5.41) is 15.6. The van der Waals surface area contributed by atoms with Crippen LogP contribution in [0.3, 0.4) is 0 Å². The number of benzene rings is 1. The fourth-order valence-electron chi connectivity index (χ4n) is 7.86. The van der Waals surface area contributed by atoms with Gasteiger partial charge in [-0.1, -0.05) is 42.3 Å². The van der Waals surface area contributed by atoms with Crippen molar-refractivity contribution in [3.63, 3.8) is 0 Å². The molecule has 1 aromatic carbocycles. The number of nitrogens with zero attached hydrogens (tertiary/aromatic N) is 2. The summed E-state index contributed by atoms with van der Waals surface area (Å²) in [6.07, 6.45) is 3.30. The molecule has 280 valence electrons. The quantitative estimate of drug-likeness (QED) is 0.294. The van der Waals surface area contributed by atoms with Crippen molar-refractivity contribution in [2.24, 2.45) is 11.8 Å². The molecule has 0 aromatic heterocycles. The number of hydrogen-bond donors (Lipinski definition) is 2. The van der Waals surface area contributed by atoms with Crippen molar-refractivity contribution in [1.29, 1.82) is 0 Å². The molecule has 1 unspecified atom stereocenters. The van der Waals surface area contributed by atoms with Crippen molar-refractivity contribution in [1.82, 2.24) is 10.2 Å².